The molecule has 0 aliphatic heterocycles. The van der Waals surface area contributed by atoms with Gasteiger partial charge in [-0.1, -0.05) is 100 Å². The minimum atomic E-state index is 0.285. The van der Waals surface area contributed by atoms with Crippen molar-refractivity contribution in [3.05, 3.63) is 108 Å². The van der Waals surface area contributed by atoms with Gasteiger partial charge in [-0.3, -0.25) is 0 Å². The summed E-state index contributed by atoms with van der Waals surface area (Å²) in [5.41, 5.74) is 11.9. The van der Waals surface area contributed by atoms with Crippen molar-refractivity contribution in [3.63, 3.8) is 0 Å². The second-order valence-electron chi connectivity index (χ2n) is 16.4. The molecule has 8 fully saturated rings. The molecule has 0 amide bonds. The number of hydrogen-bond acceptors (Lipinski definition) is 0. The molecule has 0 radical (unpaired) electrons. The first-order valence-electron chi connectivity index (χ1n) is 17.4. The molecular weight excluding hydrogens is 528 g/mol. The zero-order chi connectivity index (χ0) is 30.5. The van der Waals surface area contributed by atoms with Crippen LogP contribution in [0, 0.1) is 34.5 Å². The lowest BCUT2D eigenvalue weighted by Crippen LogP contribution is -2.66. The van der Waals surface area contributed by atoms with Gasteiger partial charge in [0.05, 0.1) is 0 Å². The third kappa shape index (κ3) is 3.76. The summed E-state index contributed by atoms with van der Waals surface area (Å²) in [4.78, 5) is 0. The molecular formula is C44H50. The van der Waals surface area contributed by atoms with Gasteiger partial charge in [0.15, 0.2) is 0 Å². The van der Waals surface area contributed by atoms with Gasteiger partial charge < -0.3 is 0 Å². The zero-order valence-electron chi connectivity index (χ0n) is 26.8. The Morgan fingerprint density at radius 1 is 0.432 bits per heavy atom. The van der Waals surface area contributed by atoms with Crippen molar-refractivity contribution < 1.29 is 0 Å². The van der Waals surface area contributed by atoms with Crippen LogP contribution in [-0.2, 0) is 10.8 Å². The molecule has 8 aliphatic carbocycles. The largest absolute Gasteiger partial charge is 0.0984 e. The van der Waals surface area contributed by atoms with Gasteiger partial charge in [0.2, 0.25) is 0 Å². The molecule has 0 heterocycles. The predicted octanol–water partition coefficient (Wildman–Crippen LogP) is 11.9. The molecule has 4 unspecified atom stereocenters. The first kappa shape index (κ1) is 28.4. The molecule has 0 nitrogen and oxygen atoms in total. The lowest BCUT2D eigenvalue weighted by Gasteiger charge is -2.74. The lowest BCUT2D eigenvalue weighted by molar-refractivity contribution is -0.212. The van der Waals surface area contributed by atoms with Crippen molar-refractivity contribution in [1.29, 1.82) is 0 Å². The van der Waals surface area contributed by atoms with Gasteiger partial charge in [-0.25, -0.2) is 0 Å². The van der Waals surface area contributed by atoms with Crippen molar-refractivity contribution >= 4 is 36.5 Å². The maximum absolute atomic E-state index is 4.21. The maximum Gasteiger partial charge on any atom is -0.00358 e. The van der Waals surface area contributed by atoms with Crippen LogP contribution in [0.2, 0.25) is 0 Å². The summed E-state index contributed by atoms with van der Waals surface area (Å²) in [6.45, 7) is 25.1. The van der Waals surface area contributed by atoms with Crippen molar-refractivity contribution in [2.45, 2.75) is 87.9 Å². The standard InChI is InChI=1S/C44H50/c1-7-33-15-37(16-34(8-2)39(33)11-5)41-19-29-13-30(20-41)24-43(23-29,27-41)44-25-31-14-32(26-44)22-42(21-31,28-44)38-17-35(9-3)40(12-6)36(10-4)18-38/h7-12,15-18,29-32H,1-6,13-14,19-28H2. The van der Waals surface area contributed by atoms with E-state index in [1.54, 1.807) is 11.1 Å². The van der Waals surface area contributed by atoms with Crippen molar-refractivity contribution in [1.82, 2.24) is 0 Å². The Morgan fingerprint density at radius 3 is 0.977 bits per heavy atom. The molecule has 10 rings (SSSR count). The number of hydrogen-bond donors (Lipinski definition) is 0. The summed E-state index contributed by atoms with van der Waals surface area (Å²) in [5, 5.41) is 0. The molecule has 226 valence electrons. The molecule has 8 aliphatic rings. The quantitative estimate of drug-likeness (QED) is 0.278. The zero-order valence-corrected chi connectivity index (χ0v) is 26.8. The van der Waals surface area contributed by atoms with Crippen LogP contribution in [0.4, 0.5) is 0 Å². The Kier molecular flexibility index (Phi) is 6.25. The van der Waals surface area contributed by atoms with Crippen LogP contribution in [0.15, 0.2) is 63.7 Å². The highest BCUT2D eigenvalue weighted by molar-refractivity contribution is 5.75. The summed E-state index contributed by atoms with van der Waals surface area (Å²) in [6, 6.07) is 9.98. The highest BCUT2D eigenvalue weighted by Crippen LogP contribution is 2.79. The molecule has 4 atom stereocenters. The Balaban J connectivity index is 1.25. The van der Waals surface area contributed by atoms with E-state index in [1.165, 1.54) is 110 Å². The number of rotatable bonds is 9. The monoisotopic (exact) mass is 578 g/mol. The van der Waals surface area contributed by atoms with Crippen molar-refractivity contribution in [3.8, 4) is 0 Å². The van der Waals surface area contributed by atoms with Gasteiger partial charge in [0.25, 0.3) is 0 Å². The molecule has 0 spiro atoms. The molecule has 0 saturated heterocycles. The van der Waals surface area contributed by atoms with Crippen LogP contribution in [0.25, 0.3) is 36.5 Å². The van der Waals surface area contributed by atoms with E-state index in [2.05, 4.69) is 63.7 Å². The van der Waals surface area contributed by atoms with E-state index in [0.717, 1.165) is 23.7 Å². The fraction of sp³-hybridized carbons (Fsp3) is 0.455. The van der Waals surface area contributed by atoms with Crippen LogP contribution in [0.3, 0.4) is 0 Å². The molecule has 0 heteroatoms. The van der Waals surface area contributed by atoms with Crippen LogP contribution in [0.1, 0.15) is 122 Å². The molecule has 8 bridgehead atoms. The molecule has 8 saturated carbocycles. The first-order chi connectivity index (χ1) is 21.3. The summed E-state index contributed by atoms with van der Waals surface area (Å²) >= 11 is 0. The van der Waals surface area contributed by atoms with E-state index < -0.39 is 0 Å². The third-order valence-corrected chi connectivity index (χ3v) is 14.2. The SMILES string of the molecule is C=Cc1cc(C23CC4CC(C2)CC(C25CC6CC(CC(c7cc(C=C)c(C=C)c(C=C)c7)(C6)C2)C5)(C4)C3)cc(C=C)c1C=C. The average molecular weight is 579 g/mol. The van der Waals surface area contributed by atoms with E-state index in [0.29, 0.717) is 10.8 Å². The maximum atomic E-state index is 4.21. The van der Waals surface area contributed by atoms with Gasteiger partial charge in [-0.15, -0.1) is 0 Å². The minimum absolute atomic E-state index is 0.285. The van der Waals surface area contributed by atoms with E-state index in [4.69, 9.17) is 0 Å². The molecule has 2 aromatic rings. The predicted molar refractivity (Wildman–Crippen MR) is 191 cm³/mol. The molecule has 2 aromatic carbocycles. The Hall–Kier alpha value is -3.12. The van der Waals surface area contributed by atoms with Crippen LogP contribution >= 0.6 is 0 Å². The van der Waals surface area contributed by atoms with Gasteiger partial charge in [0.1, 0.15) is 0 Å². The molecule has 44 heavy (non-hydrogen) atoms. The normalized spacial score (nSPS) is 39.2. The van der Waals surface area contributed by atoms with E-state index in [-0.39, 0.29) is 10.8 Å². The summed E-state index contributed by atoms with van der Waals surface area (Å²) in [6.07, 6.45) is 29.2. The first-order valence-corrected chi connectivity index (χ1v) is 17.4. The Bertz CT molecular complexity index is 1420. The highest BCUT2D eigenvalue weighted by Gasteiger charge is 2.70. The van der Waals surface area contributed by atoms with Gasteiger partial charge >= 0.3 is 0 Å². The van der Waals surface area contributed by atoms with Crippen LogP contribution in [-0.4, -0.2) is 0 Å². The Morgan fingerprint density at radius 2 is 0.727 bits per heavy atom. The van der Waals surface area contributed by atoms with E-state index >= 15 is 0 Å². The average Bonchev–Trinajstić information content (AvgIpc) is 3.01. The van der Waals surface area contributed by atoms with Crippen LogP contribution < -0.4 is 0 Å². The van der Waals surface area contributed by atoms with E-state index in [9.17, 15) is 0 Å². The lowest BCUT2D eigenvalue weighted by atomic mass is 9.30. The summed E-state index contributed by atoms with van der Waals surface area (Å²) in [5.74, 6) is 3.46. The summed E-state index contributed by atoms with van der Waals surface area (Å²) in [7, 11) is 0. The fourth-order valence-corrected chi connectivity index (χ4v) is 13.6. The Labute approximate surface area is 266 Å². The second kappa shape index (κ2) is 9.69. The van der Waals surface area contributed by atoms with Gasteiger partial charge in [0, 0.05) is 0 Å². The number of benzene rings is 2. The van der Waals surface area contributed by atoms with Gasteiger partial charge in [-0.2, -0.15) is 0 Å². The van der Waals surface area contributed by atoms with Crippen molar-refractivity contribution in [2.75, 3.05) is 0 Å². The molecule has 0 N–H and O–H groups in total. The molecule has 0 aromatic heterocycles. The van der Waals surface area contributed by atoms with Gasteiger partial charge in [-0.05, 0) is 167 Å². The third-order valence-electron chi connectivity index (χ3n) is 14.2. The second-order valence-corrected chi connectivity index (χ2v) is 16.4. The van der Waals surface area contributed by atoms with Crippen LogP contribution in [0.5, 0.6) is 0 Å². The fourth-order valence-electron chi connectivity index (χ4n) is 13.6. The topological polar surface area (TPSA) is 0 Å². The summed E-state index contributed by atoms with van der Waals surface area (Å²) < 4.78 is 0. The smallest absolute Gasteiger partial charge is 0.00358 e. The van der Waals surface area contributed by atoms with E-state index in [1.807, 2.05) is 36.5 Å². The highest BCUT2D eigenvalue weighted by atomic mass is 14.7. The van der Waals surface area contributed by atoms with Crippen molar-refractivity contribution in [2.24, 2.45) is 34.5 Å². The minimum Gasteiger partial charge on any atom is -0.0984 e.